The lowest BCUT2D eigenvalue weighted by Crippen LogP contribution is -2.38. The molecule has 0 saturated heterocycles. The van der Waals surface area contributed by atoms with Crippen LogP contribution in [-0.4, -0.2) is 46.4 Å². The Morgan fingerprint density at radius 2 is 1.97 bits per heavy atom. The molecule has 0 bridgehead atoms. The normalized spacial score (nSPS) is 13.6. The zero-order valence-electron chi connectivity index (χ0n) is 16.9. The van der Waals surface area contributed by atoms with Crippen molar-refractivity contribution < 1.29 is 13.2 Å². The standard InChI is InChI=1S/C22H29N3O3S/c1-2-23-22(24-13-6-16-29(26,27)20-7-4-3-5-8-20)25-14-11-18-9-10-21-19(17-18)12-15-28-21/h3-5,7-10,17H,2,6,11-16H2,1H3,(H2,23,24,25). The van der Waals surface area contributed by atoms with Crippen LogP contribution in [0.25, 0.3) is 0 Å². The first-order chi connectivity index (χ1) is 14.1. The molecule has 1 aliphatic rings. The second kappa shape index (κ2) is 10.3. The van der Waals surface area contributed by atoms with Crippen LogP contribution in [0.1, 0.15) is 24.5 Å². The average Bonchev–Trinajstić information content (AvgIpc) is 3.20. The molecule has 6 nitrogen and oxygen atoms in total. The van der Waals surface area contributed by atoms with Crippen molar-refractivity contribution in [2.45, 2.75) is 31.1 Å². The number of benzene rings is 2. The van der Waals surface area contributed by atoms with Crippen molar-refractivity contribution in [3.63, 3.8) is 0 Å². The summed E-state index contributed by atoms with van der Waals surface area (Å²) in [6, 6.07) is 14.9. The van der Waals surface area contributed by atoms with Crippen molar-refractivity contribution in [2.24, 2.45) is 4.99 Å². The monoisotopic (exact) mass is 415 g/mol. The van der Waals surface area contributed by atoms with Gasteiger partial charge in [-0.15, -0.1) is 0 Å². The number of hydrogen-bond acceptors (Lipinski definition) is 4. The fourth-order valence-corrected chi connectivity index (χ4v) is 4.57. The summed E-state index contributed by atoms with van der Waals surface area (Å²) < 4.78 is 30.2. The minimum Gasteiger partial charge on any atom is -0.493 e. The van der Waals surface area contributed by atoms with Crippen molar-refractivity contribution in [2.75, 3.05) is 32.0 Å². The van der Waals surface area contributed by atoms with Crippen LogP contribution in [-0.2, 0) is 22.7 Å². The molecule has 0 unspecified atom stereocenters. The number of nitrogens with one attached hydrogen (secondary N) is 2. The number of nitrogens with zero attached hydrogens (tertiary/aromatic N) is 1. The lowest BCUT2D eigenvalue weighted by Gasteiger charge is -2.12. The third-order valence-corrected chi connectivity index (χ3v) is 6.56. The van der Waals surface area contributed by atoms with E-state index in [1.807, 2.05) is 19.1 Å². The molecule has 0 spiro atoms. The van der Waals surface area contributed by atoms with Crippen LogP contribution in [0.3, 0.4) is 0 Å². The summed E-state index contributed by atoms with van der Waals surface area (Å²) >= 11 is 0. The Morgan fingerprint density at radius 1 is 1.14 bits per heavy atom. The number of fused-ring (bicyclic) bond motifs is 1. The van der Waals surface area contributed by atoms with Gasteiger partial charge in [-0.1, -0.05) is 30.3 Å². The molecule has 0 saturated carbocycles. The Balaban J connectivity index is 1.46. The summed E-state index contributed by atoms with van der Waals surface area (Å²) in [6.45, 7) is 4.75. The fraction of sp³-hybridized carbons (Fsp3) is 0.409. The number of hydrogen-bond donors (Lipinski definition) is 2. The molecule has 7 heteroatoms. The van der Waals surface area contributed by atoms with Gasteiger partial charge in [-0.2, -0.15) is 0 Å². The lowest BCUT2D eigenvalue weighted by atomic mass is 10.1. The van der Waals surface area contributed by atoms with E-state index in [1.54, 1.807) is 24.3 Å². The summed E-state index contributed by atoms with van der Waals surface area (Å²) in [7, 11) is -3.25. The molecule has 0 radical (unpaired) electrons. The minimum atomic E-state index is -3.25. The van der Waals surface area contributed by atoms with Crippen molar-refractivity contribution in [1.29, 1.82) is 0 Å². The van der Waals surface area contributed by atoms with E-state index < -0.39 is 9.84 Å². The van der Waals surface area contributed by atoms with Gasteiger partial charge < -0.3 is 15.4 Å². The smallest absolute Gasteiger partial charge is 0.191 e. The van der Waals surface area contributed by atoms with Gasteiger partial charge in [-0.3, -0.25) is 4.99 Å². The Labute approximate surface area is 173 Å². The molecule has 0 aliphatic carbocycles. The van der Waals surface area contributed by atoms with Crippen molar-refractivity contribution in [3.8, 4) is 5.75 Å². The molecule has 1 heterocycles. The predicted octanol–water partition coefficient (Wildman–Crippen LogP) is 2.58. The lowest BCUT2D eigenvalue weighted by molar-refractivity contribution is 0.357. The highest BCUT2D eigenvalue weighted by molar-refractivity contribution is 7.91. The maximum atomic E-state index is 12.3. The fourth-order valence-electron chi connectivity index (χ4n) is 3.25. The molecule has 2 N–H and O–H groups in total. The van der Waals surface area contributed by atoms with Crippen LogP contribution in [0.2, 0.25) is 0 Å². The molecule has 3 rings (SSSR count). The third kappa shape index (κ3) is 6.22. The second-order valence-electron chi connectivity index (χ2n) is 6.96. The molecule has 156 valence electrons. The largest absolute Gasteiger partial charge is 0.493 e. The first kappa shape index (κ1) is 21.2. The average molecular weight is 416 g/mol. The number of aliphatic imine (C=N–C) groups is 1. The minimum absolute atomic E-state index is 0.0944. The van der Waals surface area contributed by atoms with Gasteiger partial charge in [-0.25, -0.2) is 8.42 Å². The van der Waals surface area contributed by atoms with Gasteiger partial charge in [0.25, 0.3) is 0 Å². The number of sulfone groups is 1. The summed E-state index contributed by atoms with van der Waals surface area (Å²) in [6.07, 6.45) is 2.35. The molecule has 0 atom stereocenters. The van der Waals surface area contributed by atoms with Gasteiger partial charge in [0.2, 0.25) is 0 Å². The zero-order valence-corrected chi connectivity index (χ0v) is 17.7. The third-order valence-electron chi connectivity index (χ3n) is 4.75. The maximum Gasteiger partial charge on any atom is 0.191 e. The van der Waals surface area contributed by atoms with Gasteiger partial charge in [0.05, 0.1) is 17.3 Å². The Bertz CT molecular complexity index is 928. The Morgan fingerprint density at radius 3 is 2.76 bits per heavy atom. The first-order valence-corrected chi connectivity index (χ1v) is 11.8. The maximum absolute atomic E-state index is 12.3. The molecule has 0 amide bonds. The van der Waals surface area contributed by atoms with Gasteiger partial charge in [-0.05, 0) is 49.1 Å². The zero-order chi connectivity index (χ0) is 20.5. The van der Waals surface area contributed by atoms with E-state index in [4.69, 9.17) is 4.74 Å². The highest BCUT2D eigenvalue weighted by atomic mass is 32.2. The highest BCUT2D eigenvalue weighted by Gasteiger charge is 2.13. The highest BCUT2D eigenvalue weighted by Crippen LogP contribution is 2.25. The van der Waals surface area contributed by atoms with E-state index in [2.05, 4.69) is 27.8 Å². The van der Waals surface area contributed by atoms with E-state index >= 15 is 0 Å². The molecule has 1 aliphatic heterocycles. The predicted molar refractivity (Wildman–Crippen MR) is 116 cm³/mol. The number of ether oxygens (including phenoxy) is 1. The first-order valence-electron chi connectivity index (χ1n) is 10.1. The van der Waals surface area contributed by atoms with Crippen LogP contribution in [0.5, 0.6) is 5.75 Å². The summed E-state index contributed by atoms with van der Waals surface area (Å²) in [5.41, 5.74) is 2.55. The molecule has 2 aromatic carbocycles. The molecule has 2 aromatic rings. The SMILES string of the molecule is CCNC(=NCCCS(=O)(=O)c1ccccc1)NCCc1ccc2c(c1)CCO2. The van der Waals surface area contributed by atoms with Crippen molar-refractivity contribution in [1.82, 2.24) is 10.6 Å². The van der Waals surface area contributed by atoms with E-state index in [-0.39, 0.29) is 5.75 Å². The Kier molecular flexibility index (Phi) is 7.52. The van der Waals surface area contributed by atoms with Crippen LogP contribution in [0.4, 0.5) is 0 Å². The molecular formula is C22H29N3O3S. The van der Waals surface area contributed by atoms with E-state index in [9.17, 15) is 8.42 Å². The van der Waals surface area contributed by atoms with Crippen molar-refractivity contribution >= 4 is 15.8 Å². The van der Waals surface area contributed by atoms with E-state index in [1.165, 1.54) is 11.1 Å². The quantitative estimate of drug-likeness (QED) is 0.374. The summed E-state index contributed by atoms with van der Waals surface area (Å²) in [5, 5.41) is 6.53. The topological polar surface area (TPSA) is 79.8 Å². The molecular weight excluding hydrogens is 386 g/mol. The number of rotatable bonds is 9. The van der Waals surface area contributed by atoms with E-state index in [0.717, 1.165) is 38.3 Å². The molecule has 0 fully saturated rings. The van der Waals surface area contributed by atoms with Crippen molar-refractivity contribution in [3.05, 3.63) is 59.7 Å². The van der Waals surface area contributed by atoms with Gasteiger partial charge in [0, 0.05) is 26.1 Å². The number of guanidine groups is 1. The van der Waals surface area contributed by atoms with Crippen LogP contribution in [0, 0.1) is 0 Å². The molecule has 29 heavy (non-hydrogen) atoms. The summed E-state index contributed by atoms with van der Waals surface area (Å²) in [4.78, 5) is 4.88. The second-order valence-corrected chi connectivity index (χ2v) is 9.07. The van der Waals surface area contributed by atoms with E-state index in [0.29, 0.717) is 23.8 Å². The van der Waals surface area contributed by atoms with Crippen LogP contribution < -0.4 is 15.4 Å². The van der Waals surface area contributed by atoms with Gasteiger partial charge >= 0.3 is 0 Å². The summed E-state index contributed by atoms with van der Waals surface area (Å²) in [5.74, 6) is 1.81. The van der Waals surface area contributed by atoms with Gasteiger partial charge in [0.15, 0.2) is 15.8 Å². The Hall–Kier alpha value is -2.54. The molecule has 0 aromatic heterocycles. The van der Waals surface area contributed by atoms with Gasteiger partial charge in [0.1, 0.15) is 5.75 Å². The van der Waals surface area contributed by atoms with Crippen LogP contribution >= 0.6 is 0 Å². The van der Waals surface area contributed by atoms with Crippen LogP contribution in [0.15, 0.2) is 58.4 Å².